The van der Waals surface area contributed by atoms with E-state index in [4.69, 9.17) is 9.47 Å². The number of hydrogen-bond acceptors (Lipinski definition) is 6. The molecule has 0 aromatic heterocycles. The van der Waals surface area contributed by atoms with Crippen molar-refractivity contribution in [2.75, 3.05) is 39.1 Å². The topological polar surface area (TPSA) is 102 Å². The number of rotatable bonds is 5. The highest BCUT2D eigenvalue weighted by atomic mass is 32.2. The second-order valence-electron chi connectivity index (χ2n) is 10.8. The summed E-state index contributed by atoms with van der Waals surface area (Å²) in [7, 11) is -2.52. The number of nitrogens with one attached hydrogen (secondary N) is 1. The van der Waals surface area contributed by atoms with Crippen LogP contribution < -0.4 is 14.8 Å². The van der Waals surface area contributed by atoms with Crippen molar-refractivity contribution in [1.82, 2.24) is 10.2 Å². The Labute approximate surface area is 236 Å². The molecule has 2 heterocycles. The number of methoxy groups -OCH3 is 1. The molecular formula is C30H39FN2O6S. The summed E-state index contributed by atoms with van der Waals surface area (Å²) in [6.45, 7) is 2.10. The summed E-state index contributed by atoms with van der Waals surface area (Å²) in [5, 5.41) is 3.12. The lowest BCUT2D eigenvalue weighted by molar-refractivity contribution is -0.133. The standard InChI is InChI=1S/C30H39FN2O6S/c1-38-27-12-11-24(21-25(27)31)40(36,37)20-13-29(35)33-17-15-30(16-18-33)14-5-4-8-23-7-2-3-9-26(23)39-19-6-10-28(34)32-22-30/h2-3,7,9,11-12,21H,4-6,8,10,13-20,22H2,1H3,(H,32,34). The van der Waals surface area contributed by atoms with Gasteiger partial charge in [-0.1, -0.05) is 24.6 Å². The van der Waals surface area contributed by atoms with Crippen LogP contribution in [0.4, 0.5) is 4.39 Å². The Bertz CT molecular complexity index is 1290. The zero-order valence-corrected chi connectivity index (χ0v) is 23.9. The first-order chi connectivity index (χ1) is 19.2. The Morgan fingerprint density at radius 2 is 1.85 bits per heavy atom. The molecule has 0 bridgehead atoms. The Morgan fingerprint density at radius 3 is 2.60 bits per heavy atom. The Kier molecular flexibility index (Phi) is 10.1. The number of fused-ring (bicyclic) bond motifs is 1. The van der Waals surface area contributed by atoms with Gasteiger partial charge in [-0.05, 0) is 73.8 Å². The quantitative estimate of drug-likeness (QED) is 0.571. The maximum atomic E-state index is 14.0. The van der Waals surface area contributed by atoms with E-state index in [2.05, 4.69) is 11.4 Å². The van der Waals surface area contributed by atoms with E-state index in [0.717, 1.165) is 50.3 Å². The van der Waals surface area contributed by atoms with Gasteiger partial charge in [0.25, 0.3) is 0 Å². The number of aryl methyl sites for hydroxylation is 1. The highest BCUT2D eigenvalue weighted by molar-refractivity contribution is 7.91. The van der Waals surface area contributed by atoms with Crippen molar-refractivity contribution >= 4 is 21.7 Å². The largest absolute Gasteiger partial charge is 0.494 e. The van der Waals surface area contributed by atoms with Crippen molar-refractivity contribution < 1.29 is 31.9 Å². The number of sulfone groups is 1. The molecule has 1 saturated heterocycles. The van der Waals surface area contributed by atoms with E-state index in [1.54, 1.807) is 4.90 Å². The van der Waals surface area contributed by atoms with Crippen molar-refractivity contribution in [1.29, 1.82) is 0 Å². The fourth-order valence-electron chi connectivity index (χ4n) is 5.54. The summed E-state index contributed by atoms with van der Waals surface area (Å²) in [5.74, 6) is -0.517. The lowest BCUT2D eigenvalue weighted by Gasteiger charge is -2.42. The number of likely N-dealkylation sites (tertiary alicyclic amines) is 1. The molecule has 8 nitrogen and oxygen atoms in total. The molecule has 218 valence electrons. The molecule has 2 aliphatic rings. The summed E-state index contributed by atoms with van der Waals surface area (Å²) >= 11 is 0. The lowest BCUT2D eigenvalue weighted by atomic mass is 9.74. The summed E-state index contributed by atoms with van der Waals surface area (Å²) in [4.78, 5) is 27.0. The van der Waals surface area contributed by atoms with Crippen molar-refractivity contribution in [3.63, 3.8) is 0 Å². The molecule has 0 unspecified atom stereocenters. The monoisotopic (exact) mass is 574 g/mol. The minimum absolute atomic E-state index is 0.00648. The van der Waals surface area contributed by atoms with Crippen LogP contribution in [0, 0.1) is 11.2 Å². The molecule has 2 aromatic rings. The molecule has 2 aromatic carbocycles. The zero-order chi connectivity index (χ0) is 28.6. The molecule has 0 saturated carbocycles. The van der Waals surface area contributed by atoms with Crippen LogP contribution in [0.1, 0.15) is 56.9 Å². The maximum absolute atomic E-state index is 14.0. The molecule has 1 spiro atoms. The van der Waals surface area contributed by atoms with Gasteiger partial charge in [-0.25, -0.2) is 12.8 Å². The van der Waals surface area contributed by atoms with E-state index in [-0.39, 0.29) is 40.0 Å². The van der Waals surface area contributed by atoms with Crippen LogP contribution in [-0.4, -0.2) is 64.2 Å². The van der Waals surface area contributed by atoms with Crippen LogP contribution >= 0.6 is 0 Å². The van der Waals surface area contributed by atoms with Crippen molar-refractivity contribution in [3.8, 4) is 11.5 Å². The number of carbonyl (C=O) groups is 2. The first-order valence-electron chi connectivity index (χ1n) is 14.0. The molecule has 0 radical (unpaired) electrons. The Hall–Kier alpha value is -3.14. The number of ether oxygens (including phenoxy) is 2. The average Bonchev–Trinajstić information content (AvgIpc) is 2.96. The van der Waals surface area contributed by atoms with E-state index in [1.807, 2.05) is 18.2 Å². The zero-order valence-electron chi connectivity index (χ0n) is 23.1. The maximum Gasteiger partial charge on any atom is 0.223 e. The minimum Gasteiger partial charge on any atom is -0.494 e. The van der Waals surface area contributed by atoms with Crippen molar-refractivity contribution in [2.24, 2.45) is 5.41 Å². The minimum atomic E-state index is -3.82. The molecule has 1 fully saturated rings. The summed E-state index contributed by atoms with van der Waals surface area (Å²) in [5.41, 5.74) is 1.09. The van der Waals surface area contributed by atoms with E-state index >= 15 is 0 Å². The first-order valence-corrected chi connectivity index (χ1v) is 15.7. The second kappa shape index (κ2) is 13.5. The predicted octanol–water partition coefficient (Wildman–Crippen LogP) is 4.31. The number of hydrogen-bond donors (Lipinski definition) is 1. The van der Waals surface area contributed by atoms with Gasteiger partial charge in [-0.3, -0.25) is 9.59 Å². The number of para-hydroxylation sites is 1. The average molecular weight is 575 g/mol. The van der Waals surface area contributed by atoms with Crippen LogP contribution in [0.25, 0.3) is 0 Å². The van der Waals surface area contributed by atoms with Gasteiger partial charge >= 0.3 is 0 Å². The first kappa shape index (κ1) is 29.8. The Morgan fingerprint density at radius 1 is 1.07 bits per heavy atom. The number of piperidine rings is 1. The fourth-order valence-corrected chi connectivity index (χ4v) is 6.78. The van der Waals surface area contributed by atoms with Gasteiger partial charge in [0.1, 0.15) is 5.75 Å². The normalized spacial score (nSPS) is 18.6. The molecule has 0 aliphatic carbocycles. The van der Waals surface area contributed by atoms with E-state index in [0.29, 0.717) is 39.1 Å². The second-order valence-corrected chi connectivity index (χ2v) is 12.9. The third kappa shape index (κ3) is 7.74. The molecule has 40 heavy (non-hydrogen) atoms. The van der Waals surface area contributed by atoms with E-state index in [9.17, 15) is 22.4 Å². The predicted molar refractivity (Wildman–Crippen MR) is 150 cm³/mol. The summed E-state index contributed by atoms with van der Waals surface area (Å²) in [6.07, 6.45) is 6.23. The highest BCUT2D eigenvalue weighted by Crippen LogP contribution is 2.37. The summed E-state index contributed by atoms with van der Waals surface area (Å²) < 4.78 is 50.2. The van der Waals surface area contributed by atoms with Crippen LogP contribution in [0.15, 0.2) is 47.4 Å². The fraction of sp³-hybridized carbons (Fsp3) is 0.533. The molecule has 2 aliphatic heterocycles. The van der Waals surface area contributed by atoms with Gasteiger partial charge in [0, 0.05) is 32.5 Å². The number of carbonyl (C=O) groups excluding carboxylic acids is 2. The number of nitrogens with zero attached hydrogens (tertiary/aromatic N) is 1. The molecule has 2 amide bonds. The number of amides is 2. The highest BCUT2D eigenvalue weighted by Gasteiger charge is 2.36. The van der Waals surface area contributed by atoms with E-state index in [1.165, 1.54) is 24.8 Å². The molecule has 1 N–H and O–H groups in total. The summed E-state index contributed by atoms with van der Waals surface area (Å²) in [6, 6.07) is 11.6. The lowest BCUT2D eigenvalue weighted by Crippen LogP contribution is -2.48. The van der Waals surface area contributed by atoms with Gasteiger partial charge in [0.15, 0.2) is 21.4 Å². The molecule has 10 heteroatoms. The smallest absolute Gasteiger partial charge is 0.223 e. The van der Waals surface area contributed by atoms with Crippen LogP contribution in [0.3, 0.4) is 0 Å². The third-order valence-corrected chi connectivity index (χ3v) is 9.80. The number of halogens is 1. The van der Waals surface area contributed by atoms with Gasteiger partial charge < -0.3 is 19.7 Å². The van der Waals surface area contributed by atoms with Gasteiger partial charge in [-0.2, -0.15) is 0 Å². The van der Waals surface area contributed by atoms with Crippen molar-refractivity contribution in [3.05, 3.63) is 53.8 Å². The van der Waals surface area contributed by atoms with Crippen LogP contribution in [-0.2, 0) is 25.8 Å². The Balaban J connectivity index is 1.33. The molecule has 4 rings (SSSR count). The van der Waals surface area contributed by atoms with Crippen LogP contribution in [0.5, 0.6) is 11.5 Å². The SMILES string of the molecule is COc1ccc(S(=O)(=O)CCC(=O)N2CCC3(CCCCc4ccccc4OCCCC(=O)NC3)CC2)cc1F. The van der Waals surface area contributed by atoms with Gasteiger partial charge in [0.2, 0.25) is 11.8 Å². The van der Waals surface area contributed by atoms with Crippen molar-refractivity contribution in [2.45, 2.75) is 62.7 Å². The third-order valence-electron chi connectivity index (χ3n) is 8.09. The molecular weight excluding hydrogens is 535 g/mol. The van der Waals surface area contributed by atoms with Gasteiger partial charge in [-0.15, -0.1) is 0 Å². The number of benzene rings is 2. The van der Waals surface area contributed by atoms with E-state index < -0.39 is 15.7 Å². The van der Waals surface area contributed by atoms with Crippen LogP contribution in [0.2, 0.25) is 0 Å². The van der Waals surface area contributed by atoms with Gasteiger partial charge in [0.05, 0.1) is 24.4 Å². The molecule has 0 atom stereocenters.